The third-order valence-corrected chi connectivity index (χ3v) is 2.58. The predicted molar refractivity (Wildman–Crippen MR) is 74.4 cm³/mol. The lowest BCUT2D eigenvalue weighted by molar-refractivity contribution is -0.157. The molecule has 0 aromatic carbocycles. The van der Waals surface area contributed by atoms with Crippen LogP contribution in [0.3, 0.4) is 0 Å². The lowest BCUT2D eigenvalue weighted by Crippen LogP contribution is -2.53. The van der Waals surface area contributed by atoms with E-state index in [1.165, 1.54) is 7.11 Å². The van der Waals surface area contributed by atoms with Crippen molar-refractivity contribution in [3.8, 4) is 0 Å². The highest BCUT2D eigenvalue weighted by Gasteiger charge is 2.37. The monoisotopic (exact) mass is 318 g/mol. The summed E-state index contributed by atoms with van der Waals surface area (Å²) in [5, 5.41) is 2.26. The molecule has 0 fully saturated rings. The normalized spacial score (nSPS) is 12.9. The first-order valence-corrected chi connectivity index (χ1v) is 6.77. The SMILES string of the molecule is CCOC(=O)C[C@H](C(=O)OCC)[C@@H](NC(=O)COC)C(N)=O. The molecule has 3 N–H and O–H groups in total. The van der Waals surface area contributed by atoms with Gasteiger partial charge in [0, 0.05) is 7.11 Å². The van der Waals surface area contributed by atoms with Gasteiger partial charge in [0.05, 0.1) is 25.6 Å². The Labute approximate surface area is 128 Å². The van der Waals surface area contributed by atoms with E-state index in [-0.39, 0.29) is 19.8 Å². The summed E-state index contributed by atoms with van der Waals surface area (Å²) in [4.78, 5) is 46.6. The maximum absolute atomic E-state index is 11.9. The Morgan fingerprint density at radius 3 is 2.14 bits per heavy atom. The fourth-order valence-electron chi connectivity index (χ4n) is 1.70. The van der Waals surface area contributed by atoms with E-state index in [0.717, 1.165) is 0 Å². The van der Waals surface area contributed by atoms with Crippen molar-refractivity contribution in [3.05, 3.63) is 0 Å². The number of nitrogens with two attached hydrogens (primary N) is 1. The molecule has 0 spiro atoms. The molecule has 9 nitrogen and oxygen atoms in total. The molecule has 0 aliphatic rings. The van der Waals surface area contributed by atoms with Crippen LogP contribution < -0.4 is 11.1 Å². The first-order valence-electron chi connectivity index (χ1n) is 6.77. The molecule has 0 aliphatic carbocycles. The van der Waals surface area contributed by atoms with Crippen molar-refractivity contribution < 1.29 is 33.4 Å². The molecular formula is C13H22N2O7. The number of carbonyl (C=O) groups is 4. The Hall–Kier alpha value is -2.16. The third kappa shape index (κ3) is 7.02. The number of rotatable bonds is 10. The summed E-state index contributed by atoms with van der Waals surface area (Å²) in [6.07, 6.45) is -0.437. The lowest BCUT2D eigenvalue weighted by Gasteiger charge is -2.23. The Balaban J connectivity index is 5.18. The molecule has 22 heavy (non-hydrogen) atoms. The van der Waals surface area contributed by atoms with E-state index in [9.17, 15) is 19.2 Å². The summed E-state index contributed by atoms with van der Waals surface area (Å²) in [6, 6.07) is -1.40. The maximum Gasteiger partial charge on any atom is 0.312 e. The average molecular weight is 318 g/mol. The molecule has 0 bridgehead atoms. The number of methoxy groups -OCH3 is 1. The highest BCUT2D eigenvalue weighted by molar-refractivity contribution is 5.93. The zero-order valence-corrected chi connectivity index (χ0v) is 12.9. The molecule has 0 saturated heterocycles. The maximum atomic E-state index is 11.9. The smallest absolute Gasteiger partial charge is 0.312 e. The van der Waals surface area contributed by atoms with Gasteiger partial charge >= 0.3 is 11.9 Å². The minimum absolute atomic E-state index is 0.0512. The summed E-state index contributed by atoms with van der Waals surface area (Å²) < 4.78 is 14.2. The molecule has 0 saturated carbocycles. The van der Waals surface area contributed by atoms with E-state index in [2.05, 4.69) is 10.1 Å². The highest BCUT2D eigenvalue weighted by Crippen LogP contribution is 2.13. The van der Waals surface area contributed by atoms with Crippen molar-refractivity contribution in [1.82, 2.24) is 5.32 Å². The molecule has 0 heterocycles. The highest BCUT2D eigenvalue weighted by atomic mass is 16.5. The molecule has 0 unspecified atom stereocenters. The van der Waals surface area contributed by atoms with Gasteiger partial charge in [-0.15, -0.1) is 0 Å². The largest absolute Gasteiger partial charge is 0.466 e. The summed E-state index contributed by atoms with van der Waals surface area (Å²) in [5.41, 5.74) is 5.21. The second-order valence-electron chi connectivity index (χ2n) is 4.25. The Kier molecular flexibility index (Phi) is 9.51. The van der Waals surface area contributed by atoms with E-state index in [1.807, 2.05) is 0 Å². The molecule has 0 aromatic heterocycles. The van der Waals surface area contributed by atoms with Crippen molar-refractivity contribution >= 4 is 23.8 Å². The van der Waals surface area contributed by atoms with Crippen LogP contribution >= 0.6 is 0 Å². The van der Waals surface area contributed by atoms with E-state index >= 15 is 0 Å². The number of hydrogen-bond donors (Lipinski definition) is 2. The number of carbonyl (C=O) groups excluding carboxylic acids is 4. The van der Waals surface area contributed by atoms with Crippen LogP contribution in [-0.2, 0) is 33.4 Å². The van der Waals surface area contributed by atoms with Crippen LogP contribution in [0.2, 0.25) is 0 Å². The first kappa shape index (κ1) is 19.8. The minimum atomic E-state index is -1.40. The van der Waals surface area contributed by atoms with Crippen molar-refractivity contribution in [2.45, 2.75) is 26.3 Å². The van der Waals surface area contributed by atoms with Gasteiger partial charge in [-0.25, -0.2) is 0 Å². The number of ether oxygens (including phenoxy) is 3. The third-order valence-electron chi connectivity index (χ3n) is 2.58. The summed E-state index contributed by atoms with van der Waals surface area (Å²) in [6.45, 7) is 3.02. The average Bonchev–Trinajstić information content (AvgIpc) is 2.43. The Morgan fingerprint density at radius 1 is 1.09 bits per heavy atom. The topological polar surface area (TPSA) is 134 Å². The van der Waals surface area contributed by atoms with E-state index in [4.69, 9.17) is 15.2 Å². The molecule has 0 rings (SSSR count). The number of nitrogens with one attached hydrogen (secondary N) is 1. The van der Waals surface area contributed by atoms with Crippen LogP contribution in [-0.4, -0.2) is 56.7 Å². The standard InChI is InChI=1S/C13H22N2O7/c1-4-21-10(17)6-8(13(19)22-5-2)11(12(14)18)15-9(16)7-20-3/h8,11H,4-7H2,1-3H3,(H2,14,18)(H,15,16)/t8-,11+/m0/s1. The molecule has 9 heteroatoms. The van der Waals surface area contributed by atoms with Gasteiger partial charge in [-0.2, -0.15) is 0 Å². The van der Waals surface area contributed by atoms with Gasteiger partial charge < -0.3 is 25.3 Å². The number of esters is 2. The Morgan fingerprint density at radius 2 is 1.68 bits per heavy atom. The van der Waals surface area contributed by atoms with Crippen LogP contribution in [0.25, 0.3) is 0 Å². The zero-order chi connectivity index (χ0) is 17.1. The number of hydrogen-bond acceptors (Lipinski definition) is 7. The molecule has 0 aliphatic heterocycles. The van der Waals surface area contributed by atoms with Crippen LogP contribution in [0.15, 0.2) is 0 Å². The van der Waals surface area contributed by atoms with Gasteiger partial charge in [0.2, 0.25) is 11.8 Å². The quantitative estimate of drug-likeness (QED) is 0.480. The van der Waals surface area contributed by atoms with E-state index in [1.54, 1.807) is 13.8 Å². The zero-order valence-electron chi connectivity index (χ0n) is 12.9. The molecule has 2 atom stereocenters. The summed E-state index contributed by atoms with van der Waals surface area (Å²) in [7, 11) is 1.29. The van der Waals surface area contributed by atoms with E-state index in [0.29, 0.717) is 0 Å². The second-order valence-corrected chi connectivity index (χ2v) is 4.25. The van der Waals surface area contributed by atoms with Gasteiger partial charge in [0.15, 0.2) is 0 Å². The van der Waals surface area contributed by atoms with Crippen molar-refractivity contribution in [2.24, 2.45) is 11.7 Å². The van der Waals surface area contributed by atoms with Gasteiger partial charge in [0.25, 0.3) is 0 Å². The lowest BCUT2D eigenvalue weighted by atomic mass is 9.95. The molecule has 0 aromatic rings. The van der Waals surface area contributed by atoms with Crippen molar-refractivity contribution in [3.63, 3.8) is 0 Å². The molecule has 126 valence electrons. The molecular weight excluding hydrogens is 296 g/mol. The van der Waals surface area contributed by atoms with Gasteiger partial charge in [0.1, 0.15) is 12.6 Å². The van der Waals surface area contributed by atoms with Crippen LogP contribution in [0.4, 0.5) is 0 Å². The first-order chi connectivity index (χ1) is 10.4. The van der Waals surface area contributed by atoms with Gasteiger partial charge in [-0.3, -0.25) is 19.2 Å². The predicted octanol–water partition coefficient (Wildman–Crippen LogP) is -1.26. The fraction of sp³-hybridized carbons (Fsp3) is 0.692. The molecule has 2 amide bonds. The summed E-state index contributed by atoms with van der Waals surface area (Å²) >= 11 is 0. The number of amides is 2. The van der Waals surface area contributed by atoms with Gasteiger partial charge in [-0.05, 0) is 13.8 Å². The minimum Gasteiger partial charge on any atom is -0.466 e. The van der Waals surface area contributed by atoms with Crippen molar-refractivity contribution in [2.75, 3.05) is 26.9 Å². The summed E-state index contributed by atoms with van der Waals surface area (Å²) in [5.74, 6) is -4.40. The van der Waals surface area contributed by atoms with Gasteiger partial charge in [-0.1, -0.05) is 0 Å². The van der Waals surface area contributed by atoms with Crippen LogP contribution in [0.5, 0.6) is 0 Å². The number of primary amides is 1. The molecule has 0 radical (unpaired) electrons. The van der Waals surface area contributed by atoms with Crippen LogP contribution in [0, 0.1) is 5.92 Å². The van der Waals surface area contributed by atoms with E-state index < -0.39 is 42.1 Å². The second kappa shape index (κ2) is 10.6. The van der Waals surface area contributed by atoms with Crippen molar-refractivity contribution in [1.29, 1.82) is 0 Å². The fourth-order valence-corrected chi connectivity index (χ4v) is 1.70. The van der Waals surface area contributed by atoms with Crippen LogP contribution in [0.1, 0.15) is 20.3 Å². The Bertz CT molecular complexity index is 411.